The van der Waals surface area contributed by atoms with Crippen molar-refractivity contribution in [1.82, 2.24) is 0 Å². The van der Waals surface area contributed by atoms with Crippen molar-refractivity contribution < 1.29 is 0 Å². The average molecular weight is 547 g/mol. The Morgan fingerprint density at radius 2 is 1.09 bits per heavy atom. The minimum atomic E-state index is -0.195. The van der Waals surface area contributed by atoms with Crippen LogP contribution in [0.25, 0.3) is 49.7 Å². The van der Waals surface area contributed by atoms with Gasteiger partial charge in [-0.1, -0.05) is 103 Å². The van der Waals surface area contributed by atoms with Crippen LogP contribution in [0.5, 0.6) is 0 Å². The van der Waals surface area contributed by atoms with Crippen molar-refractivity contribution in [3.8, 4) is 51.6 Å². The van der Waals surface area contributed by atoms with Crippen LogP contribution in [0.3, 0.4) is 0 Å². The average Bonchev–Trinajstić information content (AvgIpc) is 3.08. The van der Waals surface area contributed by atoms with E-state index in [4.69, 9.17) is 0 Å². The first-order valence-corrected chi connectivity index (χ1v) is 13.9. The van der Waals surface area contributed by atoms with Gasteiger partial charge in [0.1, 0.15) is 23.8 Å². The van der Waals surface area contributed by atoms with Crippen LogP contribution < -0.4 is 4.90 Å². The topological polar surface area (TPSA) is 74.6 Å². The molecule has 1 aliphatic heterocycles. The van der Waals surface area contributed by atoms with E-state index in [0.717, 1.165) is 61.2 Å². The van der Waals surface area contributed by atoms with Crippen molar-refractivity contribution in [3.63, 3.8) is 0 Å². The lowest BCUT2D eigenvalue weighted by Gasteiger charge is -2.34. The molecule has 0 spiro atoms. The van der Waals surface area contributed by atoms with Crippen LogP contribution in [0, 0.1) is 34.0 Å². The third kappa shape index (κ3) is 4.22. The molecule has 6 aromatic carbocycles. The molecule has 0 N–H and O–H groups in total. The second kappa shape index (κ2) is 10.5. The number of rotatable bonds is 4. The summed E-state index contributed by atoms with van der Waals surface area (Å²) in [6.45, 7) is 0. The Hall–Kier alpha value is -6.41. The maximum Gasteiger partial charge on any atom is 0.148 e. The highest BCUT2D eigenvalue weighted by atomic mass is 15.2. The second-order valence-corrected chi connectivity index (χ2v) is 10.3. The lowest BCUT2D eigenvalue weighted by atomic mass is 9.86. The van der Waals surface area contributed by atoms with Gasteiger partial charge in [0.2, 0.25) is 0 Å². The SMILES string of the molecule is N#CC(C#N)=C(C#N)c1ccc2c3c(cccc13)-c1cc(-c3ccccc3)ccc1N2c1ccc(-c2ccccc2)cc1. The van der Waals surface area contributed by atoms with Crippen LogP contribution in [0.1, 0.15) is 5.56 Å². The van der Waals surface area contributed by atoms with Crippen LogP contribution >= 0.6 is 0 Å². The molecule has 0 fully saturated rings. The smallest absolute Gasteiger partial charge is 0.148 e. The Labute approximate surface area is 249 Å². The van der Waals surface area contributed by atoms with Gasteiger partial charge >= 0.3 is 0 Å². The van der Waals surface area contributed by atoms with Gasteiger partial charge in [-0.05, 0) is 63.5 Å². The minimum Gasteiger partial charge on any atom is -0.309 e. The number of hydrogen-bond acceptors (Lipinski definition) is 4. The number of nitrogens with zero attached hydrogens (tertiary/aromatic N) is 4. The number of fused-ring (bicyclic) bond motifs is 2. The third-order valence-corrected chi connectivity index (χ3v) is 7.98. The van der Waals surface area contributed by atoms with Crippen molar-refractivity contribution in [2.75, 3.05) is 4.90 Å². The molecular formula is C39H22N4. The molecule has 0 aliphatic carbocycles. The van der Waals surface area contributed by atoms with E-state index in [1.807, 2.05) is 72.8 Å². The molecule has 0 saturated heterocycles. The molecule has 1 aliphatic rings. The summed E-state index contributed by atoms with van der Waals surface area (Å²) in [7, 11) is 0. The van der Waals surface area contributed by atoms with Crippen molar-refractivity contribution >= 4 is 33.4 Å². The Morgan fingerprint density at radius 1 is 0.488 bits per heavy atom. The Bertz CT molecular complexity index is 2180. The van der Waals surface area contributed by atoms with E-state index in [2.05, 4.69) is 83.8 Å². The molecule has 7 rings (SSSR count). The number of hydrogen-bond donors (Lipinski definition) is 0. The van der Waals surface area contributed by atoms with E-state index in [-0.39, 0.29) is 11.1 Å². The summed E-state index contributed by atoms with van der Waals surface area (Å²) in [6, 6.07) is 51.5. The zero-order valence-electron chi connectivity index (χ0n) is 23.0. The maximum absolute atomic E-state index is 10.0. The number of nitriles is 3. The van der Waals surface area contributed by atoms with Crippen LogP contribution in [0.15, 0.2) is 139 Å². The molecule has 0 aromatic heterocycles. The predicted octanol–water partition coefficient (Wildman–Crippen LogP) is 9.95. The van der Waals surface area contributed by atoms with Gasteiger partial charge in [-0.25, -0.2) is 0 Å². The van der Waals surface area contributed by atoms with Crippen LogP contribution in [0.2, 0.25) is 0 Å². The van der Waals surface area contributed by atoms with Gasteiger partial charge in [-0.2, -0.15) is 15.8 Å². The first kappa shape index (κ1) is 25.6. The zero-order valence-corrected chi connectivity index (χ0v) is 23.0. The largest absolute Gasteiger partial charge is 0.309 e. The Balaban J connectivity index is 1.51. The predicted molar refractivity (Wildman–Crippen MR) is 172 cm³/mol. The summed E-state index contributed by atoms with van der Waals surface area (Å²) in [4.78, 5) is 2.25. The van der Waals surface area contributed by atoms with E-state index in [1.165, 1.54) is 0 Å². The molecule has 4 heteroatoms. The first-order chi connectivity index (χ1) is 21.2. The summed E-state index contributed by atoms with van der Waals surface area (Å²) < 4.78 is 0. The molecule has 1 heterocycles. The summed E-state index contributed by atoms with van der Waals surface area (Å²) in [6.07, 6.45) is 0. The molecule has 0 amide bonds. The molecule has 198 valence electrons. The van der Waals surface area contributed by atoms with Crippen LogP contribution in [-0.4, -0.2) is 0 Å². The van der Waals surface area contributed by atoms with E-state index >= 15 is 0 Å². The molecule has 4 nitrogen and oxygen atoms in total. The summed E-state index contributed by atoms with van der Waals surface area (Å²) in [5.74, 6) is 0. The van der Waals surface area contributed by atoms with Gasteiger partial charge < -0.3 is 4.90 Å². The summed E-state index contributed by atoms with van der Waals surface area (Å²) >= 11 is 0. The van der Waals surface area contributed by atoms with Gasteiger partial charge in [0.05, 0.1) is 16.9 Å². The normalized spacial score (nSPS) is 11.1. The number of allylic oxidation sites excluding steroid dienone is 2. The molecule has 43 heavy (non-hydrogen) atoms. The minimum absolute atomic E-state index is 0.0799. The van der Waals surface area contributed by atoms with Crippen molar-refractivity contribution in [2.24, 2.45) is 0 Å². The van der Waals surface area contributed by atoms with Crippen molar-refractivity contribution in [3.05, 3.63) is 145 Å². The van der Waals surface area contributed by atoms with Gasteiger partial charge in [-0.15, -0.1) is 0 Å². The molecule has 0 radical (unpaired) electrons. The molecule has 0 bridgehead atoms. The zero-order chi connectivity index (χ0) is 29.3. The van der Waals surface area contributed by atoms with Gasteiger partial charge in [-0.3, -0.25) is 0 Å². The molecule has 6 aromatic rings. The van der Waals surface area contributed by atoms with Gasteiger partial charge in [0.25, 0.3) is 0 Å². The third-order valence-electron chi connectivity index (χ3n) is 7.98. The first-order valence-electron chi connectivity index (χ1n) is 13.9. The Morgan fingerprint density at radius 3 is 1.74 bits per heavy atom. The molecule has 0 unspecified atom stereocenters. The highest BCUT2D eigenvalue weighted by Gasteiger charge is 2.28. The number of anilines is 3. The monoisotopic (exact) mass is 546 g/mol. The lowest BCUT2D eigenvalue weighted by molar-refractivity contribution is 1.28. The molecule has 0 atom stereocenters. The summed E-state index contributed by atoms with van der Waals surface area (Å²) in [5.41, 5.74) is 10.1. The quantitative estimate of drug-likeness (QED) is 0.206. The van der Waals surface area contributed by atoms with Crippen molar-refractivity contribution in [2.45, 2.75) is 0 Å². The fraction of sp³-hybridized carbons (Fsp3) is 0. The maximum atomic E-state index is 10.0. The van der Waals surface area contributed by atoms with Crippen LogP contribution in [0.4, 0.5) is 17.1 Å². The van der Waals surface area contributed by atoms with E-state index in [9.17, 15) is 15.8 Å². The van der Waals surface area contributed by atoms with Crippen molar-refractivity contribution in [1.29, 1.82) is 15.8 Å². The standard InChI is InChI=1S/C39H22N4/c40-23-30(24-41)36(25-42)32-19-21-38-39-33(32)12-7-13-34(39)35-22-29(27-10-5-2-6-11-27)16-20-37(35)43(38)31-17-14-28(15-18-31)26-8-3-1-4-9-26/h1-22H. The van der Waals surface area contributed by atoms with Gasteiger partial charge in [0.15, 0.2) is 0 Å². The fourth-order valence-electron chi connectivity index (χ4n) is 6.00. The lowest BCUT2D eigenvalue weighted by Crippen LogP contribution is -2.15. The van der Waals surface area contributed by atoms with E-state index in [1.54, 1.807) is 0 Å². The molecule has 0 saturated carbocycles. The highest BCUT2D eigenvalue weighted by Crippen LogP contribution is 2.52. The van der Waals surface area contributed by atoms with E-state index in [0.29, 0.717) is 5.56 Å². The highest BCUT2D eigenvalue weighted by molar-refractivity contribution is 6.17. The second-order valence-electron chi connectivity index (χ2n) is 10.3. The Kier molecular flexibility index (Phi) is 6.26. The van der Waals surface area contributed by atoms with Gasteiger partial charge in [0, 0.05) is 22.2 Å². The molecular weight excluding hydrogens is 524 g/mol. The van der Waals surface area contributed by atoms with E-state index < -0.39 is 0 Å². The fourth-order valence-corrected chi connectivity index (χ4v) is 6.00. The number of benzene rings is 6. The van der Waals surface area contributed by atoms with Crippen LogP contribution in [-0.2, 0) is 0 Å². The summed E-state index contributed by atoms with van der Waals surface area (Å²) in [5, 5.41) is 31.0.